The summed E-state index contributed by atoms with van der Waals surface area (Å²) < 4.78 is 0. The normalized spacial score (nSPS) is 9.45. The van der Waals surface area contributed by atoms with Crippen LogP contribution in [0.5, 0.6) is 0 Å². The number of carboxylic acids is 1. The zero-order valence-corrected chi connectivity index (χ0v) is 6.60. The third kappa shape index (κ3) is 3.09. The average molecular weight is 167 g/mol. The zero-order valence-electron chi connectivity index (χ0n) is 5.78. The molecular formula is C8H7O2S. The number of benzene rings is 1. The van der Waals surface area contributed by atoms with Crippen molar-refractivity contribution in [3.05, 3.63) is 30.3 Å². The molecule has 1 aromatic carbocycles. The number of hydrogen-bond donors (Lipinski definition) is 1. The van der Waals surface area contributed by atoms with Crippen LogP contribution in [-0.4, -0.2) is 16.8 Å². The van der Waals surface area contributed by atoms with E-state index in [1.165, 1.54) is 11.8 Å². The summed E-state index contributed by atoms with van der Waals surface area (Å²) in [5, 5.41) is 8.34. The van der Waals surface area contributed by atoms with Crippen LogP contribution in [0.2, 0.25) is 0 Å². The number of hydrogen-bond acceptors (Lipinski definition) is 2. The minimum Gasteiger partial charge on any atom is -0.481 e. The summed E-state index contributed by atoms with van der Waals surface area (Å²) >= 11 is 1.27. The predicted molar refractivity (Wildman–Crippen MR) is 43.6 cm³/mol. The predicted octanol–water partition coefficient (Wildman–Crippen LogP) is 1.66. The molecule has 2 nitrogen and oxygen atoms in total. The van der Waals surface area contributed by atoms with Gasteiger partial charge in [0.2, 0.25) is 0 Å². The fourth-order valence-corrected chi connectivity index (χ4v) is 1.21. The summed E-state index contributed by atoms with van der Waals surface area (Å²) in [5.74, 6) is -0.701. The minimum atomic E-state index is -0.799. The molecule has 0 atom stereocenters. The van der Waals surface area contributed by atoms with Crippen LogP contribution >= 0.6 is 11.8 Å². The van der Waals surface area contributed by atoms with Gasteiger partial charge in [-0.2, -0.15) is 0 Å². The third-order valence-corrected chi connectivity index (χ3v) is 1.99. The van der Waals surface area contributed by atoms with Crippen molar-refractivity contribution in [2.24, 2.45) is 0 Å². The van der Waals surface area contributed by atoms with Crippen molar-refractivity contribution in [3.63, 3.8) is 0 Å². The van der Waals surface area contributed by atoms with Gasteiger partial charge >= 0.3 is 5.97 Å². The van der Waals surface area contributed by atoms with E-state index in [1.807, 2.05) is 18.2 Å². The van der Waals surface area contributed by atoms with Gasteiger partial charge in [-0.05, 0) is 12.1 Å². The van der Waals surface area contributed by atoms with E-state index in [0.29, 0.717) is 0 Å². The van der Waals surface area contributed by atoms with Gasteiger partial charge in [-0.25, -0.2) is 0 Å². The molecule has 0 amide bonds. The van der Waals surface area contributed by atoms with Crippen molar-refractivity contribution in [2.75, 3.05) is 5.75 Å². The van der Waals surface area contributed by atoms with E-state index in [2.05, 4.69) is 6.07 Å². The van der Waals surface area contributed by atoms with Crippen molar-refractivity contribution in [3.8, 4) is 0 Å². The molecule has 0 aliphatic carbocycles. The van der Waals surface area contributed by atoms with Gasteiger partial charge < -0.3 is 5.11 Å². The van der Waals surface area contributed by atoms with Crippen LogP contribution in [0.15, 0.2) is 29.2 Å². The van der Waals surface area contributed by atoms with Crippen LogP contribution in [0.3, 0.4) is 0 Å². The van der Waals surface area contributed by atoms with Crippen molar-refractivity contribution in [1.29, 1.82) is 0 Å². The summed E-state index contributed by atoms with van der Waals surface area (Å²) in [5.41, 5.74) is 0. The average Bonchev–Trinajstić information content (AvgIpc) is 2.03. The lowest BCUT2D eigenvalue weighted by Gasteiger charge is -1.94. The standard InChI is InChI=1S/C8H7O2S/c9-8(10)6-11-7-4-2-1-3-5-7/h1-4H,6H2,(H,9,10). The molecule has 1 N–H and O–H groups in total. The Morgan fingerprint density at radius 1 is 1.64 bits per heavy atom. The molecular weight excluding hydrogens is 160 g/mol. The van der Waals surface area contributed by atoms with Gasteiger partial charge in [-0.1, -0.05) is 18.2 Å². The summed E-state index contributed by atoms with van der Waals surface area (Å²) in [6.45, 7) is 0. The molecule has 0 fully saturated rings. The second-order valence-corrected chi connectivity index (χ2v) is 2.93. The molecule has 0 saturated carbocycles. The van der Waals surface area contributed by atoms with E-state index < -0.39 is 5.97 Å². The molecule has 0 unspecified atom stereocenters. The Morgan fingerprint density at radius 2 is 2.45 bits per heavy atom. The Kier molecular flexibility index (Phi) is 2.98. The number of carbonyl (C=O) groups is 1. The summed E-state index contributed by atoms with van der Waals surface area (Å²) in [4.78, 5) is 11.0. The first-order valence-corrected chi connectivity index (χ1v) is 4.09. The first-order chi connectivity index (χ1) is 5.29. The van der Waals surface area contributed by atoms with Gasteiger partial charge in [0, 0.05) is 4.90 Å². The molecule has 0 spiro atoms. The Balaban J connectivity index is 2.45. The van der Waals surface area contributed by atoms with Gasteiger partial charge in [0.1, 0.15) is 0 Å². The van der Waals surface area contributed by atoms with Gasteiger partial charge in [0.05, 0.1) is 5.75 Å². The largest absolute Gasteiger partial charge is 0.481 e. The van der Waals surface area contributed by atoms with Crippen LogP contribution < -0.4 is 0 Å². The van der Waals surface area contributed by atoms with Crippen molar-refractivity contribution in [2.45, 2.75) is 4.90 Å². The molecule has 1 rings (SSSR count). The SMILES string of the molecule is O=C(O)CSc1[c]cccc1. The molecule has 1 radical (unpaired) electrons. The van der Waals surface area contributed by atoms with E-state index in [9.17, 15) is 4.79 Å². The molecule has 0 aliphatic rings. The molecule has 0 aliphatic heterocycles. The Bertz CT molecular complexity index is 233. The first kappa shape index (κ1) is 8.14. The van der Waals surface area contributed by atoms with Crippen molar-refractivity contribution < 1.29 is 9.90 Å². The number of thioether (sulfide) groups is 1. The maximum absolute atomic E-state index is 10.1. The smallest absolute Gasteiger partial charge is 0.313 e. The van der Waals surface area contributed by atoms with Crippen LogP contribution in [0.4, 0.5) is 0 Å². The van der Waals surface area contributed by atoms with E-state index in [0.717, 1.165) is 4.90 Å². The number of rotatable bonds is 3. The maximum Gasteiger partial charge on any atom is 0.313 e. The monoisotopic (exact) mass is 167 g/mol. The van der Waals surface area contributed by atoms with E-state index in [1.54, 1.807) is 6.07 Å². The highest BCUT2D eigenvalue weighted by Gasteiger charge is 1.97. The molecule has 0 saturated heterocycles. The van der Waals surface area contributed by atoms with Gasteiger partial charge in [-0.15, -0.1) is 11.8 Å². The van der Waals surface area contributed by atoms with Crippen molar-refractivity contribution in [1.82, 2.24) is 0 Å². The second kappa shape index (κ2) is 4.03. The fraction of sp³-hybridized carbons (Fsp3) is 0.125. The van der Waals surface area contributed by atoms with Crippen LogP contribution in [0, 0.1) is 6.07 Å². The lowest BCUT2D eigenvalue weighted by molar-refractivity contribution is -0.133. The van der Waals surface area contributed by atoms with Crippen molar-refractivity contribution >= 4 is 17.7 Å². The molecule has 0 bridgehead atoms. The molecule has 57 valence electrons. The molecule has 3 heteroatoms. The van der Waals surface area contributed by atoms with E-state index >= 15 is 0 Å². The highest BCUT2D eigenvalue weighted by atomic mass is 32.2. The maximum atomic E-state index is 10.1. The summed E-state index contributed by atoms with van der Waals surface area (Å²) in [6, 6.07) is 10.2. The molecule has 0 heterocycles. The zero-order chi connectivity index (χ0) is 8.10. The fourth-order valence-electron chi connectivity index (χ4n) is 0.606. The topological polar surface area (TPSA) is 37.3 Å². The quantitative estimate of drug-likeness (QED) is 0.696. The van der Waals surface area contributed by atoms with Crippen LogP contribution in [0.1, 0.15) is 0 Å². The van der Waals surface area contributed by atoms with Gasteiger partial charge in [-0.3, -0.25) is 4.79 Å². The third-order valence-electron chi connectivity index (χ3n) is 1.03. The summed E-state index contributed by atoms with van der Waals surface area (Å²) in [7, 11) is 0. The Morgan fingerprint density at radius 3 is 3.00 bits per heavy atom. The van der Waals surface area contributed by atoms with Crippen LogP contribution in [0.25, 0.3) is 0 Å². The van der Waals surface area contributed by atoms with E-state index in [4.69, 9.17) is 5.11 Å². The Labute approximate surface area is 69.2 Å². The second-order valence-electron chi connectivity index (χ2n) is 1.91. The highest BCUT2D eigenvalue weighted by Crippen LogP contribution is 2.15. The lowest BCUT2D eigenvalue weighted by atomic mass is 10.4. The summed E-state index contributed by atoms with van der Waals surface area (Å²) in [6.07, 6.45) is 0. The first-order valence-electron chi connectivity index (χ1n) is 3.10. The highest BCUT2D eigenvalue weighted by molar-refractivity contribution is 8.00. The van der Waals surface area contributed by atoms with Gasteiger partial charge in [0.15, 0.2) is 0 Å². The molecule has 1 aromatic rings. The van der Waals surface area contributed by atoms with Gasteiger partial charge in [0.25, 0.3) is 0 Å². The van der Waals surface area contributed by atoms with E-state index in [-0.39, 0.29) is 5.75 Å². The van der Waals surface area contributed by atoms with Crippen LogP contribution in [-0.2, 0) is 4.79 Å². The minimum absolute atomic E-state index is 0.0977. The Hall–Kier alpha value is -0.960. The number of aliphatic carboxylic acids is 1. The molecule has 11 heavy (non-hydrogen) atoms. The molecule has 0 aromatic heterocycles. The lowest BCUT2D eigenvalue weighted by Crippen LogP contribution is -1.96. The number of carboxylic acid groups (broad SMARTS) is 1.